The average molecular weight is 580 g/mol. The lowest BCUT2D eigenvalue weighted by Crippen LogP contribution is -2.52. The Bertz CT molecular complexity index is 1460. The molecule has 1 aromatic heterocycles. The lowest BCUT2D eigenvalue weighted by Gasteiger charge is -2.43. The molecule has 14 heteroatoms. The van der Waals surface area contributed by atoms with Crippen molar-refractivity contribution in [2.45, 2.75) is 59.5 Å². The maximum atomic E-state index is 14.9. The van der Waals surface area contributed by atoms with Gasteiger partial charge in [-0.2, -0.15) is 26.3 Å². The van der Waals surface area contributed by atoms with Crippen molar-refractivity contribution >= 4 is 9.84 Å². The average Bonchev–Trinajstić information content (AvgIpc) is 3.51. The molecule has 0 spiro atoms. The fourth-order valence-corrected chi connectivity index (χ4v) is 8.30. The lowest BCUT2D eigenvalue weighted by atomic mass is 9.77. The molecule has 1 saturated heterocycles. The third kappa shape index (κ3) is 4.05. The Morgan fingerprint density at radius 3 is 2.26 bits per heavy atom. The second kappa shape index (κ2) is 9.01. The number of likely N-dealkylation sites (tertiary alicyclic amines) is 1. The largest absolute Gasteiger partial charge is 0.435 e. The minimum atomic E-state index is -6.30. The maximum absolute atomic E-state index is 14.9. The van der Waals surface area contributed by atoms with Crippen LogP contribution in [0, 0.1) is 5.82 Å². The third-order valence-corrected chi connectivity index (χ3v) is 10.2. The Morgan fingerprint density at radius 1 is 1.00 bits per heavy atom. The highest BCUT2D eigenvalue weighted by atomic mass is 32.2. The Morgan fingerprint density at radius 2 is 1.67 bits per heavy atom. The number of alkyl halides is 7. The normalized spacial score (nSPS) is 22.5. The van der Waals surface area contributed by atoms with E-state index >= 15 is 0 Å². The van der Waals surface area contributed by atoms with Crippen LogP contribution in [0.1, 0.15) is 35.4 Å². The van der Waals surface area contributed by atoms with Crippen LogP contribution in [-0.4, -0.2) is 48.2 Å². The zero-order valence-electron chi connectivity index (χ0n) is 20.0. The highest BCUT2D eigenvalue weighted by Gasteiger charge is 2.73. The van der Waals surface area contributed by atoms with Gasteiger partial charge in [-0.1, -0.05) is 18.2 Å². The lowest BCUT2D eigenvalue weighted by molar-refractivity contribution is -0.348. The number of aryl methyl sites for hydroxylation is 1. The number of rotatable bonds is 5. The number of halogens is 8. The Labute approximate surface area is 217 Å². The zero-order valence-corrected chi connectivity index (χ0v) is 20.8. The van der Waals surface area contributed by atoms with Crippen LogP contribution in [0.2, 0.25) is 0 Å². The number of fused-ring (bicyclic) bond motifs is 3. The van der Waals surface area contributed by atoms with Gasteiger partial charge in [-0.3, -0.25) is 4.90 Å². The van der Waals surface area contributed by atoms with Crippen LogP contribution in [-0.2, 0) is 33.2 Å². The first-order valence-corrected chi connectivity index (χ1v) is 13.3. The van der Waals surface area contributed by atoms with E-state index in [4.69, 9.17) is 0 Å². The van der Waals surface area contributed by atoms with Gasteiger partial charge in [-0.15, -0.1) is 0 Å². The van der Waals surface area contributed by atoms with Gasteiger partial charge in [-0.25, -0.2) is 22.2 Å². The van der Waals surface area contributed by atoms with Crippen LogP contribution in [0.25, 0.3) is 0 Å². The fraction of sp³-hybridized carbons (Fsp3) is 0.400. The topological polar surface area (TPSA) is 66.1 Å². The van der Waals surface area contributed by atoms with Gasteiger partial charge >= 0.3 is 18.0 Å². The van der Waals surface area contributed by atoms with E-state index in [1.165, 1.54) is 6.20 Å². The molecule has 1 aliphatic carbocycles. The molecule has 2 atom stereocenters. The summed E-state index contributed by atoms with van der Waals surface area (Å²) in [7, 11) is -4.38. The number of aromatic amines is 1. The van der Waals surface area contributed by atoms with Gasteiger partial charge in [0.05, 0.1) is 11.4 Å². The highest BCUT2D eigenvalue weighted by Crippen LogP contribution is 2.56. The van der Waals surface area contributed by atoms with E-state index in [9.17, 15) is 43.5 Å². The molecule has 0 bridgehead atoms. The summed E-state index contributed by atoms with van der Waals surface area (Å²) < 4.78 is 136. The van der Waals surface area contributed by atoms with Crippen molar-refractivity contribution in [1.82, 2.24) is 14.9 Å². The summed E-state index contributed by atoms with van der Waals surface area (Å²) in [5, 5.41) is 0. The molecule has 0 amide bonds. The standard InChI is InChI=1S/C25H21F8N3O2S/c26-17-3-5-18(6-4-17)39(37,38)22-9-12-36(14-21-34-10-11-35-21)20(22)8-1-15-13-16(2-7-19(15)22)23(27,24(28,29)30)25(31,32)33/h2-7,10-11,13,20H,1,8-9,12,14H2,(H,34,35)/t20-,22-/m1/s1. The van der Waals surface area contributed by atoms with E-state index < -0.39 is 50.0 Å². The molecule has 210 valence electrons. The fourth-order valence-electron chi connectivity index (χ4n) is 5.91. The Kier molecular flexibility index (Phi) is 6.37. The number of nitrogens with one attached hydrogen (secondary N) is 1. The van der Waals surface area contributed by atoms with Crippen LogP contribution >= 0.6 is 0 Å². The van der Waals surface area contributed by atoms with Crippen LogP contribution in [0.15, 0.2) is 59.8 Å². The number of hydrogen-bond acceptors (Lipinski definition) is 4. The van der Waals surface area contributed by atoms with Crippen molar-refractivity contribution in [2.24, 2.45) is 0 Å². The van der Waals surface area contributed by atoms with Crippen molar-refractivity contribution in [3.8, 4) is 0 Å². The number of sulfone groups is 1. The summed E-state index contributed by atoms with van der Waals surface area (Å²) in [6, 6.07) is 4.98. The minimum absolute atomic E-state index is 0.000434. The molecule has 0 saturated carbocycles. The molecule has 39 heavy (non-hydrogen) atoms. The molecule has 2 aromatic carbocycles. The molecule has 5 nitrogen and oxygen atoms in total. The Hall–Kier alpha value is -3.00. The predicted molar refractivity (Wildman–Crippen MR) is 122 cm³/mol. The van der Waals surface area contributed by atoms with Crippen LogP contribution in [0.4, 0.5) is 35.1 Å². The molecule has 2 aliphatic rings. The molecule has 5 rings (SSSR count). The summed E-state index contributed by atoms with van der Waals surface area (Å²) in [5.41, 5.74) is -7.43. The maximum Gasteiger partial charge on any atom is 0.435 e. The Balaban J connectivity index is 1.69. The van der Waals surface area contributed by atoms with Gasteiger partial charge in [-0.05, 0) is 54.7 Å². The molecule has 1 aliphatic heterocycles. The molecule has 1 N–H and O–H groups in total. The van der Waals surface area contributed by atoms with Gasteiger partial charge in [0.15, 0.2) is 9.84 Å². The first-order chi connectivity index (χ1) is 18.1. The van der Waals surface area contributed by atoms with Crippen LogP contribution in [0.5, 0.6) is 0 Å². The van der Waals surface area contributed by atoms with E-state index in [1.807, 2.05) is 4.90 Å². The van der Waals surface area contributed by atoms with E-state index in [1.54, 1.807) is 6.20 Å². The molecular weight excluding hydrogens is 558 g/mol. The molecule has 2 heterocycles. The SMILES string of the molecule is O=S(=O)(c1ccc(F)cc1)[C@@]12CCN(Cc3ncc[nH]3)[C@@H]1CCc1cc(C(F)(C(F)(F)F)C(F)(F)F)ccc12. The summed E-state index contributed by atoms with van der Waals surface area (Å²) >= 11 is 0. The molecular formula is C25H21F8N3O2S. The van der Waals surface area contributed by atoms with E-state index in [0.29, 0.717) is 18.0 Å². The molecule has 3 aromatic rings. The third-order valence-electron chi connectivity index (χ3n) is 7.69. The second-order valence-electron chi connectivity index (χ2n) is 9.68. The quantitative estimate of drug-likeness (QED) is 0.310. The summed E-state index contributed by atoms with van der Waals surface area (Å²) in [6.45, 7) is 0.423. The first-order valence-electron chi connectivity index (χ1n) is 11.8. The number of benzene rings is 2. The zero-order chi connectivity index (χ0) is 28.4. The van der Waals surface area contributed by atoms with Gasteiger partial charge in [0, 0.05) is 30.5 Å². The second-order valence-corrected chi connectivity index (χ2v) is 11.9. The minimum Gasteiger partial charge on any atom is -0.348 e. The number of hydrogen-bond donors (Lipinski definition) is 1. The molecule has 0 radical (unpaired) electrons. The number of H-pyrrole nitrogens is 1. The summed E-state index contributed by atoms with van der Waals surface area (Å²) in [5.74, 6) is -0.162. The van der Waals surface area contributed by atoms with Crippen molar-refractivity contribution in [1.29, 1.82) is 0 Å². The van der Waals surface area contributed by atoms with Gasteiger partial charge in [0.1, 0.15) is 16.4 Å². The van der Waals surface area contributed by atoms with Gasteiger partial charge < -0.3 is 4.98 Å². The van der Waals surface area contributed by atoms with E-state index in [0.717, 1.165) is 30.3 Å². The predicted octanol–water partition coefficient (Wildman–Crippen LogP) is 5.73. The van der Waals surface area contributed by atoms with Crippen LogP contribution < -0.4 is 0 Å². The molecule has 0 unspecified atom stereocenters. The molecule has 1 fully saturated rings. The number of imidazole rings is 1. The monoisotopic (exact) mass is 579 g/mol. The van der Waals surface area contributed by atoms with E-state index in [2.05, 4.69) is 9.97 Å². The smallest absolute Gasteiger partial charge is 0.348 e. The van der Waals surface area contributed by atoms with Gasteiger partial charge in [0.25, 0.3) is 0 Å². The first kappa shape index (κ1) is 27.6. The van der Waals surface area contributed by atoms with Crippen LogP contribution in [0.3, 0.4) is 0 Å². The number of nitrogens with zero attached hydrogens (tertiary/aromatic N) is 2. The van der Waals surface area contributed by atoms with Crippen molar-refractivity contribution in [3.63, 3.8) is 0 Å². The highest BCUT2D eigenvalue weighted by molar-refractivity contribution is 7.92. The number of aromatic nitrogens is 2. The van der Waals surface area contributed by atoms with Gasteiger partial charge in [0.2, 0.25) is 0 Å². The van der Waals surface area contributed by atoms with E-state index in [-0.39, 0.29) is 48.4 Å². The summed E-state index contributed by atoms with van der Waals surface area (Å²) in [4.78, 5) is 8.66. The van der Waals surface area contributed by atoms with Crippen molar-refractivity contribution in [2.75, 3.05) is 6.54 Å². The van der Waals surface area contributed by atoms with Crippen molar-refractivity contribution < 1.29 is 43.5 Å². The van der Waals surface area contributed by atoms with Crippen molar-refractivity contribution in [3.05, 3.63) is 83.2 Å². The summed E-state index contributed by atoms with van der Waals surface area (Å²) in [6.07, 6.45) is -9.61.